The molecule has 0 atom stereocenters. The zero-order valence-corrected chi connectivity index (χ0v) is 96.1. The van der Waals surface area contributed by atoms with Gasteiger partial charge in [0.05, 0.1) is 70.8 Å². The van der Waals surface area contributed by atoms with Crippen LogP contribution in [0.5, 0.6) is 0 Å². The summed E-state index contributed by atoms with van der Waals surface area (Å²) in [5.74, 6) is 11.3. The molecule has 0 aliphatic carbocycles. The van der Waals surface area contributed by atoms with Gasteiger partial charge in [-0.2, -0.15) is 0 Å². The molecular weight excluding hydrogens is 1700 g/mol. The van der Waals surface area contributed by atoms with Crippen molar-refractivity contribution in [2.45, 2.75) is 586 Å². The van der Waals surface area contributed by atoms with Crippen LogP contribution in [0, 0.1) is 82.9 Å². The maximum absolute atomic E-state index is 4.26. The van der Waals surface area contributed by atoms with Gasteiger partial charge in [0.25, 0.3) is 0 Å². The van der Waals surface area contributed by atoms with Gasteiger partial charge in [0.1, 0.15) is 0 Å². The summed E-state index contributed by atoms with van der Waals surface area (Å²) in [5, 5.41) is 58.4. The zero-order valence-electron chi connectivity index (χ0n) is 96.1. The van der Waals surface area contributed by atoms with Gasteiger partial charge in [0, 0.05) is 58.2 Å². The Kier molecular flexibility index (Phi) is 81.4. The summed E-state index contributed by atoms with van der Waals surface area (Å²) in [4.78, 5) is 0. The molecular formula is C117H227N21. The highest BCUT2D eigenvalue weighted by atomic mass is 15.5. The fourth-order valence-corrected chi connectivity index (χ4v) is 16.9. The summed E-state index contributed by atoms with van der Waals surface area (Å²) < 4.78 is 14.6. The lowest BCUT2D eigenvalue weighted by Crippen LogP contribution is -2.06. The third-order valence-electron chi connectivity index (χ3n) is 26.0. The lowest BCUT2D eigenvalue weighted by molar-refractivity contribution is 0.468. The highest BCUT2D eigenvalue weighted by Crippen LogP contribution is 2.22. The molecule has 0 fully saturated rings. The topological polar surface area (TPSA) is 215 Å². The van der Waals surface area contributed by atoms with Gasteiger partial charge in [0.2, 0.25) is 0 Å². The van der Waals surface area contributed by atoms with Crippen LogP contribution >= 0.6 is 0 Å². The van der Waals surface area contributed by atoms with Crippen molar-refractivity contribution >= 4 is 0 Å². The standard InChI is InChI=1S/5C17H33N3.2C16H31N3/c2*1-15(2)10-6-5-9-13-20-17(14-18-19-20)12-8-7-11-16(3)4;1-15(2)10-7-5-6-8-12-17-14-18-19-20(17)13-9-11-16(3)4;2*1-15(2)10-8-6-5-7-9-13-20-17(14-18-19-20)12-11-16(3)4;1-14(2)9-6-5-7-11-16-13-19(18-17-16)12-8-10-15(3)4;1-14(2)9-7-5-6-8-12-19-13-16(17-18-19)11-10-15(3)4/h5*14-16H,5-13H2,1-4H3;2*13-15H,5-12H2,1-4H3. The molecule has 7 heterocycles. The van der Waals surface area contributed by atoms with Gasteiger partial charge in [-0.3, -0.25) is 9.36 Å². The maximum Gasteiger partial charge on any atom is 0.0827 e. The SMILES string of the molecule is CC(C)CCCCCCCn1nncc1CCC(C)C.CC(C)CCCCCCCn1nncc1CCC(C)C.CC(C)CCCCCCc1cnnn1CCCC(C)C.CC(C)CCCCCCn1cc(CCC(C)C)nn1.CC(C)CCCCCc1cn(CCCC(C)C)nn1.CC(C)CCCCCn1nncc1CCCCC(C)C.CC(C)CCCCCn1nncc1CCCCC(C)C. The van der Waals surface area contributed by atoms with Gasteiger partial charge in [-0.25, -0.2) is 23.4 Å². The smallest absolute Gasteiger partial charge is 0.0827 e. The van der Waals surface area contributed by atoms with Crippen LogP contribution in [0.15, 0.2) is 43.4 Å². The van der Waals surface area contributed by atoms with Crippen molar-refractivity contribution in [1.29, 1.82) is 0 Å². The molecule has 0 aromatic carbocycles. The molecule has 0 amide bonds. The second-order valence-electron chi connectivity index (χ2n) is 47.2. The number of nitrogens with zero attached hydrogens (tertiary/aromatic N) is 21. The van der Waals surface area contributed by atoms with Crippen molar-refractivity contribution in [2.24, 2.45) is 82.9 Å². The van der Waals surface area contributed by atoms with Gasteiger partial charge in [-0.15, -0.1) is 35.7 Å². The molecule has 0 aliphatic heterocycles. The van der Waals surface area contributed by atoms with Crippen LogP contribution in [0.4, 0.5) is 0 Å². The Bertz CT molecular complexity index is 3560. The second kappa shape index (κ2) is 86.5. The molecule has 7 aromatic rings. The molecule has 0 N–H and O–H groups in total. The fraction of sp³-hybridized carbons (Fsp3) is 0.880. The number of hydrogen-bond acceptors (Lipinski definition) is 14. The summed E-state index contributed by atoms with van der Waals surface area (Å²) in [6, 6.07) is 0. The number of aryl methyl sites for hydroxylation is 14. The number of unbranched alkanes of at least 4 members (excludes halogenated alkanes) is 22. The first-order valence-electron chi connectivity index (χ1n) is 58.3. The highest BCUT2D eigenvalue weighted by Gasteiger charge is 2.14. The van der Waals surface area contributed by atoms with Crippen LogP contribution in [0.2, 0.25) is 0 Å². The predicted octanol–water partition coefficient (Wildman–Crippen LogP) is 33.3. The van der Waals surface area contributed by atoms with E-state index in [4.69, 9.17) is 0 Å². The van der Waals surface area contributed by atoms with Crippen molar-refractivity contribution in [2.75, 3.05) is 0 Å². The van der Waals surface area contributed by atoms with Crippen LogP contribution in [0.25, 0.3) is 0 Å². The van der Waals surface area contributed by atoms with Crippen LogP contribution in [0.3, 0.4) is 0 Å². The van der Waals surface area contributed by atoms with Crippen LogP contribution in [-0.4, -0.2) is 105 Å². The summed E-state index contributed by atoms with van der Waals surface area (Å²) >= 11 is 0. The van der Waals surface area contributed by atoms with E-state index in [1.807, 2.05) is 40.3 Å². The molecule has 21 heteroatoms. The van der Waals surface area contributed by atoms with Gasteiger partial charge in [-0.05, 0) is 231 Å². The van der Waals surface area contributed by atoms with Crippen LogP contribution in [-0.2, 0) is 90.8 Å². The summed E-state index contributed by atoms with van der Waals surface area (Å²) in [6.07, 6.45) is 83.4. The summed E-state index contributed by atoms with van der Waals surface area (Å²) in [6.45, 7) is 71.3. The zero-order chi connectivity index (χ0) is 102. The van der Waals surface area contributed by atoms with Crippen molar-refractivity contribution in [1.82, 2.24) is 105 Å². The van der Waals surface area contributed by atoms with E-state index in [2.05, 4.69) is 302 Å². The van der Waals surface area contributed by atoms with E-state index in [0.29, 0.717) is 0 Å². The Morgan fingerprint density at radius 2 is 0.333 bits per heavy atom. The van der Waals surface area contributed by atoms with Gasteiger partial charge in [0.15, 0.2) is 0 Å². The molecule has 7 rings (SSSR count). The minimum Gasteiger partial charge on any atom is -0.252 e. The predicted molar refractivity (Wildman–Crippen MR) is 591 cm³/mol. The molecule has 0 unspecified atom stereocenters. The normalized spacial score (nSPS) is 11.7. The number of aromatic nitrogens is 21. The molecule has 7 aromatic heterocycles. The van der Waals surface area contributed by atoms with Gasteiger partial charge < -0.3 is 0 Å². The fourth-order valence-electron chi connectivity index (χ4n) is 16.9. The summed E-state index contributed by atoms with van der Waals surface area (Å²) in [7, 11) is 0. The molecule has 0 bridgehead atoms. The Morgan fingerprint density at radius 3 is 0.616 bits per heavy atom. The van der Waals surface area contributed by atoms with E-state index in [0.717, 1.165) is 185 Å². The molecule has 0 saturated heterocycles. The molecule has 21 nitrogen and oxygen atoms in total. The Hall–Kier alpha value is -6.02. The second-order valence-corrected chi connectivity index (χ2v) is 47.2. The summed E-state index contributed by atoms with van der Waals surface area (Å²) in [5.41, 5.74) is 8.87. The molecule has 0 radical (unpaired) electrons. The number of hydrogen-bond donors (Lipinski definition) is 0. The first-order chi connectivity index (χ1) is 66.1. The van der Waals surface area contributed by atoms with E-state index in [1.165, 1.54) is 330 Å². The van der Waals surface area contributed by atoms with E-state index in [-0.39, 0.29) is 0 Å². The highest BCUT2D eigenvalue weighted by molar-refractivity contribution is 4.99. The first kappa shape index (κ1) is 130. The van der Waals surface area contributed by atoms with E-state index >= 15 is 0 Å². The number of rotatable bonds is 75. The molecule has 138 heavy (non-hydrogen) atoms. The molecule has 800 valence electrons. The van der Waals surface area contributed by atoms with Crippen LogP contribution in [0.1, 0.15) is 536 Å². The van der Waals surface area contributed by atoms with Crippen LogP contribution < -0.4 is 0 Å². The average molecular weight is 1930 g/mol. The van der Waals surface area contributed by atoms with Crippen molar-refractivity contribution in [3.63, 3.8) is 0 Å². The maximum atomic E-state index is 4.26. The third-order valence-corrected chi connectivity index (χ3v) is 26.0. The van der Waals surface area contributed by atoms with Gasteiger partial charge in [-0.1, -0.05) is 429 Å². The van der Waals surface area contributed by atoms with Crippen molar-refractivity contribution in [3.8, 4) is 0 Å². The Morgan fingerprint density at radius 1 is 0.159 bits per heavy atom. The van der Waals surface area contributed by atoms with E-state index in [9.17, 15) is 0 Å². The van der Waals surface area contributed by atoms with Crippen molar-refractivity contribution in [3.05, 3.63) is 83.2 Å². The molecule has 0 saturated carbocycles. The van der Waals surface area contributed by atoms with E-state index < -0.39 is 0 Å². The third kappa shape index (κ3) is 79.4. The molecule has 0 aliphatic rings. The van der Waals surface area contributed by atoms with Gasteiger partial charge >= 0.3 is 0 Å². The lowest BCUT2D eigenvalue weighted by atomic mass is 10.0. The lowest BCUT2D eigenvalue weighted by Gasteiger charge is -2.08. The minimum absolute atomic E-state index is 0.742. The monoisotopic (exact) mass is 1930 g/mol. The largest absolute Gasteiger partial charge is 0.252 e. The van der Waals surface area contributed by atoms with E-state index in [1.54, 1.807) is 0 Å². The molecule has 0 spiro atoms. The first-order valence-corrected chi connectivity index (χ1v) is 58.3. The Balaban J connectivity index is 0.000000805. The Labute approximate surface area is 852 Å². The van der Waals surface area contributed by atoms with Crippen molar-refractivity contribution < 1.29 is 0 Å². The average Bonchev–Trinajstić information content (AvgIpc) is 1.75. The quantitative estimate of drug-likeness (QED) is 0.0324. The minimum atomic E-state index is 0.742.